The number of benzene rings is 3. The molecule has 0 aromatic heterocycles. The van der Waals surface area contributed by atoms with Crippen molar-refractivity contribution in [2.24, 2.45) is 0 Å². The van der Waals surface area contributed by atoms with Crippen molar-refractivity contribution in [1.29, 1.82) is 0 Å². The number of carbonyl (C=O) groups excluding carboxylic acids is 1. The number of fused-ring (bicyclic) bond motifs is 1. The molecule has 0 saturated heterocycles. The molecule has 5 nitrogen and oxygen atoms in total. The largest absolute Gasteiger partial charge is 0.417 e. The van der Waals surface area contributed by atoms with Gasteiger partial charge in [0, 0.05) is 0 Å². The molecule has 1 atom stereocenters. The number of sulfonamides is 1. The summed E-state index contributed by atoms with van der Waals surface area (Å²) in [6, 6.07) is 15.8. The molecule has 1 amide bonds. The molecule has 0 fully saturated rings. The Balaban J connectivity index is 1.66. The Labute approximate surface area is 225 Å². The lowest BCUT2D eigenvalue weighted by Gasteiger charge is -2.27. The monoisotopic (exact) mass is 564 g/mol. The predicted octanol–water partition coefficient (Wildman–Crippen LogP) is 6.70. The normalized spacial score (nSPS) is 14.4. The smallest absolute Gasteiger partial charge is 0.348 e. The number of nitrogens with one attached hydrogen (secondary N) is 1. The first-order chi connectivity index (χ1) is 18.0. The first-order valence-electron chi connectivity index (χ1n) is 12.4. The Kier molecular flexibility index (Phi) is 8.37. The summed E-state index contributed by atoms with van der Waals surface area (Å²) in [6.45, 7) is 1.19. The van der Waals surface area contributed by atoms with Crippen molar-refractivity contribution in [3.8, 4) is 0 Å². The summed E-state index contributed by atoms with van der Waals surface area (Å²) in [6.07, 6.45) is -0.0209. The standard InChI is InChI=1S/C28H28ClF3N2O3S/c1-2-26(21-13-12-19-8-6-7-9-20(19)16-21)33-27(35)18-34(38(36,37)23-10-4-3-5-11-23)22-14-15-25(29)24(17-22)28(30,31)32/h3-5,10-17,26H,2,6-9,18H2,1H3,(H,33,35). The van der Waals surface area contributed by atoms with E-state index < -0.39 is 39.2 Å². The third-order valence-electron chi connectivity index (χ3n) is 6.68. The maximum atomic E-state index is 13.6. The zero-order valence-electron chi connectivity index (χ0n) is 20.8. The van der Waals surface area contributed by atoms with Gasteiger partial charge in [0.1, 0.15) is 6.54 Å². The van der Waals surface area contributed by atoms with Crippen LogP contribution in [0.1, 0.15) is 54.5 Å². The van der Waals surface area contributed by atoms with Crippen LogP contribution >= 0.6 is 11.6 Å². The van der Waals surface area contributed by atoms with E-state index in [0.717, 1.165) is 43.4 Å². The van der Waals surface area contributed by atoms with Crippen LogP contribution in [0.2, 0.25) is 5.02 Å². The molecule has 3 aromatic rings. The minimum atomic E-state index is -4.81. The van der Waals surface area contributed by atoms with Gasteiger partial charge in [0.05, 0.1) is 27.2 Å². The van der Waals surface area contributed by atoms with Crippen molar-refractivity contribution in [3.63, 3.8) is 0 Å². The molecule has 0 aliphatic heterocycles. The summed E-state index contributed by atoms with van der Waals surface area (Å²) in [4.78, 5) is 13.1. The molecule has 1 unspecified atom stereocenters. The number of halogens is 4. The highest BCUT2D eigenvalue weighted by Gasteiger charge is 2.35. The van der Waals surface area contributed by atoms with Gasteiger partial charge in [0.15, 0.2) is 0 Å². The van der Waals surface area contributed by atoms with Crippen molar-refractivity contribution < 1.29 is 26.4 Å². The number of alkyl halides is 3. The summed E-state index contributed by atoms with van der Waals surface area (Å²) < 4.78 is 68.5. The van der Waals surface area contributed by atoms with Crippen LogP contribution in [0.15, 0.2) is 71.6 Å². The molecule has 4 rings (SSSR count). The van der Waals surface area contributed by atoms with Gasteiger partial charge in [-0.15, -0.1) is 0 Å². The number of rotatable bonds is 8. The second kappa shape index (κ2) is 11.4. The topological polar surface area (TPSA) is 66.5 Å². The molecular formula is C28H28ClF3N2O3S. The fourth-order valence-corrected chi connectivity index (χ4v) is 6.34. The van der Waals surface area contributed by atoms with E-state index in [1.807, 2.05) is 13.0 Å². The van der Waals surface area contributed by atoms with E-state index in [4.69, 9.17) is 11.6 Å². The Morgan fingerprint density at radius 2 is 1.68 bits per heavy atom. The molecular weight excluding hydrogens is 537 g/mol. The average molecular weight is 565 g/mol. The highest BCUT2D eigenvalue weighted by molar-refractivity contribution is 7.92. The quantitative estimate of drug-likeness (QED) is 0.331. The van der Waals surface area contributed by atoms with E-state index in [-0.39, 0.29) is 16.6 Å². The second-order valence-corrected chi connectivity index (χ2v) is 11.5. The predicted molar refractivity (Wildman–Crippen MR) is 142 cm³/mol. The van der Waals surface area contributed by atoms with Gasteiger partial charge in [-0.3, -0.25) is 9.10 Å². The maximum absolute atomic E-state index is 13.6. The van der Waals surface area contributed by atoms with Gasteiger partial charge < -0.3 is 5.32 Å². The first-order valence-corrected chi connectivity index (χ1v) is 14.2. The highest BCUT2D eigenvalue weighted by Crippen LogP contribution is 2.38. The van der Waals surface area contributed by atoms with E-state index in [0.29, 0.717) is 16.8 Å². The number of nitrogens with zero attached hydrogens (tertiary/aromatic N) is 1. The zero-order chi connectivity index (χ0) is 27.5. The molecule has 0 spiro atoms. The van der Waals surface area contributed by atoms with Crippen molar-refractivity contribution in [1.82, 2.24) is 5.32 Å². The van der Waals surface area contributed by atoms with Gasteiger partial charge in [-0.05, 0) is 79.1 Å². The molecule has 10 heteroatoms. The Bertz CT molecular complexity index is 1410. The van der Waals surface area contributed by atoms with Crippen LogP contribution < -0.4 is 9.62 Å². The van der Waals surface area contributed by atoms with Crippen LogP contribution in [0, 0.1) is 0 Å². The fourth-order valence-electron chi connectivity index (χ4n) is 4.68. The van der Waals surface area contributed by atoms with Gasteiger partial charge >= 0.3 is 6.18 Å². The van der Waals surface area contributed by atoms with E-state index in [1.54, 1.807) is 6.07 Å². The lowest BCUT2D eigenvalue weighted by atomic mass is 9.89. The summed E-state index contributed by atoms with van der Waals surface area (Å²) >= 11 is 5.76. The minimum Gasteiger partial charge on any atom is -0.348 e. The van der Waals surface area contributed by atoms with E-state index >= 15 is 0 Å². The highest BCUT2D eigenvalue weighted by atomic mass is 35.5. The molecule has 38 heavy (non-hydrogen) atoms. The van der Waals surface area contributed by atoms with Gasteiger partial charge in [-0.25, -0.2) is 8.42 Å². The zero-order valence-corrected chi connectivity index (χ0v) is 22.3. The molecule has 1 N–H and O–H groups in total. The van der Waals surface area contributed by atoms with Crippen LogP contribution in [0.4, 0.5) is 18.9 Å². The van der Waals surface area contributed by atoms with Crippen LogP contribution in [-0.2, 0) is 33.8 Å². The summed E-state index contributed by atoms with van der Waals surface area (Å²) in [5.74, 6) is -0.641. The van der Waals surface area contributed by atoms with Crippen molar-refractivity contribution in [3.05, 3.63) is 94.0 Å². The van der Waals surface area contributed by atoms with E-state index in [9.17, 15) is 26.4 Å². The van der Waals surface area contributed by atoms with Gasteiger partial charge in [0.25, 0.3) is 10.0 Å². The molecule has 1 aliphatic rings. The summed E-state index contributed by atoms with van der Waals surface area (Å²) in [5.41, 5.74) is 1.94. The van der Waals surface area contributed by atoms with Gasteiger partial charge in [0.2, 0.25) is 5.91 Å². The molecule has 3 aromatic carbocycles. The Morgan fingerprint density at radius 1 is 1.00 bits per heavy atom. The number of amides is 1. The van der Waals surface area contributed by atoms with Crippen molar-refractivity contribution in [2.45, 2.75) is 56.1 Å². The van der Waals surface area contributed by atoms with E-state index in [1.165, 1.54) is 35.4 Å². The number of anilines is 1. The molecule has 1 aliphatic carbocycles. The molecule has 202 valence electrons. The number of aryl methyl sites for hydroxylation is 2. The molecule has 0 saturated carbocycles. The van der Waals surface area contributed by atoms with Gasteiger partial charge in [-0.1, -0.05) is 54.9 Å². The molecule has 0 bridgehead atoms. The lowest BCUT2D eigenvalue weighted by molar-refractivity contribution is -0.137. The minimum absolute atomic E-state index is 0.155. The number of hydrogen-bond acceptors (Lipinski definition) is 3. The third kappa shape index (κ3) is 6.15. The lowest BCUT2D eigenvalue weighted by Crippen LogP contribution is -2.42. The summed E-state index contributed by atoms with van der Waals surface area (Å²) in [5, 5.41) is 2.31. The fraction of sp³-hybridized carbons (Fsp3) is 0.321. The van der Waals surface area contributed by atoms with Crippen LogP contribution in [0.3, 0.4) is 0 Å². The Morgan fingerprint density at radius 3 is 2.34 bits per heavy atom. The number of carbonyl (C=O) groups is 1. The SMILES string of the molecule is CCC(NC(=O)CN(c1ccc(Cl)c(C(F)(F)F)c1)S(=O)(=O)c1ccccc1)c1ccc2c(c1)CCCC2. The van der Waals surface area contributed by atoms with Gasteiger partial charge in [-0.2, -0.15) is 13.2 Å². The second-order valence-electron chi connectivity index (χ2n) is 9.25. The Hall–Kier alpha value is -3.04. The molecule has 0 heterocycles. The van der Waals surface area contributed by atoms with E-state index in [2.05, 4.69) is 17.4 Å². The average Bonchev–Trinajstić information content (AvgIpc) is 2.90. The first kappa shape index (κ1) is 28.0. The summed E-state index contributed by atoms with van der Waals surface area (Å²) in [7, 11) is -4.38. The van der Waals surface area contributed by atoms with Crippen LogP contribution in [-0.4, -0.2) is 20.9 Å². The van der Waals surface area contributed by atoms with Crippen LogP contribution in [0.5, 0.6) is 0 Å². The van der Waals surface area contributed by atoms with Crippen LogP contribution in [0.25, 0.3) is 0 Å². The maximum Gasteiger partial charge on any atom is 0.417 e. The van der Waals surface area contributed by atoms with Crippen molar-refractivity contribution >= 4 is 33.2 Å². The van der Waals surface area contributed by atoms with Crippen molar-refractivity contribution in [2.75, 3.05) is 10.8 Å². The third-order valence-corrected chi connectivity index (χ3v) is 8.80. The number of hydrogen-bond donors (Lipinski definition) is 1. The molecule has 0 radical (unpaired) electrons.